The molecule has 2 aromatic rings. The molecule has 0 amide bonds. The molecule has 1 aromatic heterocycles. The lowest BCUT2D eigenvalue weighted by atomic mass is 10.2. The van der Waals surface area contributed by atoms with Gasteiger partial charge in [-0.2, -0.15) is 0 Å². The Balaban J connectivity index is 1.89. The van der Waals surface area contributed by atoms with Crippen molar-refractivity contribution in [3.63, 3.8) is 0 Å². The molecule has 0 saturated carbocycles. The number of para-hydroxylation sites is 2. The van der Waals surface area contributed by atoms with Gasteiger partial charge in [0.15, 0.2) is 0 Å². The van der Waals surface area contributed by atoms with Crippen LogP contribution in [0, 0.1) is 0 Å². The minimum atomic E-state index is 0.786. The Morgan fingerprint density at radius 1 is 1.06 bits per heavy atom. The zero-order chi connectivity index (χ0) is 11.2. The molecule has 2 nitrogen and oxygen atoms in total. The standard InChI is InChI=1S/C13H17ClN2/c14-9-5-1-2-6-10-16-11-15-12-7-3-4-8-13(12)16/h3-4,7-8,11H,1-2,5-6,9-10H2. The number of benzene rings is 1. The summed E-state index contributed by atoms with van der Waals surface area (Å²) in [5.41, 5.74) is 2.32. The predicted molar refractivity (Wildman–Crippen MR) is 68.9 cm³/mol. The number of fused-ring (bicyclic) bond motifs is 1. The summed E-state index contributed by atoms with van der Waals surface area (Å²) in [4.78, 5) is 4.38. The fourth-order valence-corrected chi connectivity index (χ4v) is 2.11. The predicted octanol–water partition coefficient (Wildman–Crippen LogP) is 3.84. The van der Waals surface area contributed by atoms with E-state index in [9.17, 15) is 0 Å². The zero-order valence-corrected chi connectivity index (χ0v) is 10.2. The lowest BCUT2D eigenvalue weighted by Gasteiger charge is -2.03. The first-order chi connectivity index (χ1) is 7.92. The molecule has 2 rings (SSSR count). The summed E-state index contributed by atoms with van der Waals surface area (Å²) in [6, 6.07) is 8.27. The highest BCUT2D eigenvalue weighted by atomic mass is 35.5. The van der Waals surface area contributed by atoms with Crippen LogP contribution in [0.1, 0.15) is 25.7 Å². The van der Waals surface area contributed by atoms with Crippen LogP contribution in [0.3, 0.4) is 0 Å². The number of imidazole rings is 1. The molecule has 16 heavy (non-hydrogen) atoms. The van der Waals surface area contributed by atoms with Crippen LogP contribution in [0.5, 0.6) is 0 Å². The number of aryl methyl sites for hydroxylation is 1. The van der Waals surface area contributed by atoms with Crippen LogP contribution in [0.4, 0.5) is 0 Å². The van der Waals surface area contributed by atoms with Crippen molar-refractivity contribution >= 4 is 22.6 Å². The molecule has 0 aliphatic carbocycles. The molecule has 3 heteroatoms. The maximum atomic E-state index is 5.64. The van der Waals surface area contributed by atoms with Crippen LogP contribution in [-0.4, -0.2) is 15.4 Å². The van der Waals surface area contributed by atoms with E-state index in [1.165, 1.54) is 24.8 Å². The largest absolute Gasteiger partial charge is 0.331 e. The maximum absolute atomic E-state index is 5.64. The van der Waals surface area contributed by atoms with E-state index in [-0.39, 0.29) is 0 Å². The number of alkyl halides is 1. The van der Waals surface area contributed by atoms with Gasteiger partial charge in [-0.3, -0.25) is 0 Å². The number of halogens is 1. The Hall–Kier alpha value is -1.02. The smallest absolute Gasteiger partial charge is 0.0958 e. The second kappa shape index (κ2) is 5.90. The van der Waals surface area contributed by atoms with E-state index in [1.54, 1.807) is 0 Å². The number of hydrogen-bond donors (Lipinski definition) is 0. The Labute approximate surface area is 101 Å². The highest BCUT2D eigenvalue weighted by molar-refractivity contribution is 6.17. The third-order valence-corrected chi connectivity index (χ3v) is 3.08. The fourth-order valence-electron chi connectivity index (χ4n) is 1.92. The summed E-state index contributed by atoms with van der Waals surface area (Å²) in [6.07, 6.45) is 6.76. The van der Waals surface area contributed by atoms with Crippen molar-refractivity contribution in [3.8, 4) is 0 Å². The normalized spacial score (nSPS) is 11.1. The molecule has 0 fully saturated rings. The first kappa shape index (κ1) is 11.5. The van der Waals surface area contributed by atoms with Gasteiger partial charge in [-0.25, -0.2) is 4.98 Å². The number of aromatic nitrogens is 2. The molecule has 86 valence electrons. The third-order valence-electron chi connectivity index (χ3n) is 2.81. The van der Waals surface area contributed by atoms with Crippen LogP contribution in [0.25, 0.3) is 11.0 Å². The van der Waals surface area contributed by atoms with Gasteiger partial charge in [0.05, 0.1) is 17.4 Å². The molecule has 0 aliphatic rings. The summed E-state index contributed by atoms with van der Waals surface area (Å²) in [7, 11) is 0. The number of nitrogens with zero attached hydrogens (tertiary/aromatic N) is 2. The molecule has 0 atom stereocenters. The summed E-state index contributed by atoms with van der Waals surface area (Å²) in [5, 5.41) is 0. The Kier molecular flexibility index (Phi) is 4.23. The van der Waals surface area contributed by atoms with Crippen molar-refractivity contribution in [1.29, 1.82) is 0 Å². The summed E-state index contributed by atoms with van der Waals surface area (Å²) in [5.74, 6) is 0.786. The number of unbranched alkanes of at least 4 members (excludes halogenated alkanes) is 3. The quantitative estimate of drug-likeness (QED) is 0.551. The number of rotatable bonds is 6. The molecule has 0 bridgehead atoms. The highest BCUT2D eigenvalue weighted by Gasteiger charge is 2.00. The van der Waals surface area contributed by atoms with Crippen molar-refractivity contribution in [3.05, 3.63) is 30.6 Å². The summed E-state index contributed by atoms with van der Waals surface area (Å²) < 4.78 is 2.23. The van der Waals surface area contributed by atoms with Gasteiger partial charge in [0.2, 0.25) is 0 Å². The summed E-state index contributed by atoms with van der Waals surface area (Å²) in [6.45, 7) is 1.06. The molecule has 1 heterocycles. The van der Waals surface area contributed by atoms with Gasteiger partial charge in [-0.15, -0.1) is 11.6 Å². The van der Waals surface area contributed by atoms with Gasteiger partial charge in [0.1, 0.15) is 0 Å². The molecular formula is C13H17ClN2. The van der Waals surface area contributed by atoms with E-state index in [0.29, 0.717) is 0 Å². The van der Waals surface area contributed by atoms with Gasteiger partial charge in [0, 0.05) is 12.4 Å². The molecule has 0 N–H and O–H groups in total. The van der Waals surface area contributed by atoms with Crippen LogP contribution >= 0.6 is 11.6 Å². The lowest BCUT2D eigenvalue weighted by molar-refractivity contribution is 0.592. The average Bonchev–Trinajstić information content (AvgIpc) is 2.73. The van der Waals surface area contributed by atoms with Crippen molar-refractivity contribution < 1.29 is 0 Å². The van der Waals surface area contributed by atoms with Crippen LogP contribution in [-0.2, 0) is 6.54 Å². The van der Waals surface area contributed by atoms with Crippen molar-refractivity contribution in [2.45, 2.75) is 32.2 Å². The van der Waals surface area contributed by atoms with Crippen molar-refractivity contribution in [1.82, 2.24) is 9.55 Å². The average molecular weight is 237 g/mol. The van der Waals surface area contributed by atoms with Gasteiger partial charge in [0.25, 0.3) is 0 Å². The third kappa shape index (κ3) is 2.76. The second-order valence-electron chi connectivity index (χ2n) is 4.03. The van der Waals surface area contributed by atoms with Crippen LogP contribution in [0.2, 0.25) is 0 Å². The van der Waals surface area contributed by atoms with E-state index in [1.807, 2.05) is 12.4 Å². The Bertz CT molecular complexity index is 436. The van der Waals surface area contributed by atoms with E-state index in [0.717, 1.165) is 24.4 Å². The highest BCUT2D eigenvalue weighted by Crippen LogP contribution is 2.13. The minimum Gasteiger partial charge on any atom is -0.331 e. The first-order valence-corrected chi connectivity index (χ1v) is 6.41. The molecule has 0 spiro atoms. The Morgan fingerprint density at radius 2 is 1.88 bits per heavy atom. The molecule has 0 saturated heterocycles. The van der Waals surface area contributed by atoms with Gasteiger partial charge < -0.3 is 4.57 Å². The fraction of sp³-hybridized carbons (Fsp3) is 0.462. The van der Waals surface area contributed by atoms with Crippen molar-refractivity contribution in [2.24, 2.45) is 0 Å². The van der Waals surface area contributed by atoms with Crippen LogP contribution in [0.15, 0.2) is 30.6 Å². The first-order valence-electron chi connectivity index (χ1n) is 5.87. The zero-order valence-electron chi connectivity index (χ0n) is 9.40. The van der Waals surface area contributed by atoms with E-state index < -0.39 is 0 Å². The van der Waals surface area contributed by atoms with E-state index in [2.05, 4.69) is 27.8 Å². The number of hydrogen-bond acceptors (Lipinski definition) is 1. The van der Waals surface area contributed by atoms with Gasteiger partial charge >= 0.3 is 0 Å². The van der Waals surface area contributed by atoms with Gasteiger partial charge in [-0.1, -0.05) is 25.0 Å². The lowest BCUT2D eigenvalue weighted by Crippen LogP contribution is -1.95. The topological polar surface area (TPSA) is 17.8 Å². The summed E-state index contributed by atoms with van der Waals surface area (Å²) >= 11 is 5.64. The SMILES string of the molecule is ClCCCCCCn1cnc2ccccc21. The van der Waals surface area contributed by atoms with Crippen molar-refractivity contribution in [2.75, 3.05) is 5.88 Å². The molecule has 0 aliphatic heterocycles. The van der Waals surface area contributed by atoms with E-state index in [4.69, 9.17) is 11.6 Å². The molecule has 0 unspecified atom stereocenters. The Morgan fingerprint density at radius 3 is 2.75 bits per heavy atom. The van der Waals surface area contributed by atoms with E-state index >= 15 is 0 Å². The van der Waals surface area contributed by atoms with Gasteiger partial charge in [-0.05, 0) is 25.0 Å². The molecular weight excluding hydrogens is 220 g/mol. The minimum absolute atomic E-state index is 0.786. The molecule has 0 radical (unpaired) electrons. The van der Waals surface area contributed by atoms with Crippen LogP contribution < -0.4 is 0 Å². The monoisotopic (exact) mass is 236 g/mol. The molecule has 1 aromatic carbocycles. The maximum Gasteiger partial charge on any atom is 0.0958 e. The second-order valence-corrected chi connectivity index (χ2v) is 4.41.